The fourth-order valence-corrected chi connectivity index (χ4v) is 4.99. The third-order valence-corrected chi connectivity index (χ3v) is 8.27. The number of amides is 1. The molecule has 4 atom stereocenters. The van der Waals surface area contributed by atoms with Gasteiger partial charge in [-0.3, -0.25) is 23.4 Å². The van der Waals surface area contributed by atoms with Crippen LogP contribution in [0.25, 0.3) is 0 Å². The van der Waals surface area contributed by atoms with Crippen molar-refractivity contribution in [2.45, 2.75) is 132 Å². The van der Waals surface area contributed by atoms with Crippen LogP contribution < -0.4 is 5.32 Å². The van der Waals surface area contributed by atoms with E-state index >= 15 is 0 Å². The lowest BCUT2D eigenvalue weighted by Gasteiger charge is -2.28. The highest BCUT2D eigenvalue weighted by molar-refractivity contribution is 7.47. The first-order chi connectivity index (χ1) is 18.8. The molecule has 0 spiro atoms. The minimum atomic E-state index is -4.53. The van der Waals surface area contributed by atoms with Gasteiger partial charge in [0, 0.05) is 18.4 Å². The molecule has 0 radical (unpaired) electrons. The van der Waals surface area contributed by atoms with Crippen molar-refractivity contribution in [2.24, 2.45) is 10.8 Å². The van der Waals surface area contributed by atoms with E-state index in [0.29, 0.717) is 19.3 Å². The smallest absolute Gasteiger partial charge is 0.461 e. The molecule has 0 fully saturated rings. The zero-order valence-corrected chi connectivity index (χ0v) is 26.9. The summed E-state index contributed by atoms with van der Waals surface area (Å²) >= 11 is 0. The highest BCUT2D eigenvalue weighted by atomic mass is 31.2. The zero-order chi connectivity index (χ0) is 30.7. The van der Waals surface area contributed by atoms with Gasteiger partial charge < -0.3 is 19.7 Å². The van der Waals surface area contributed by atoms with Crippen molar-refractivity contribution in [3.8, 4) is 0 Å². The van der Waals surface area contributed by atoms with Gasteiger partial charge >= 0.3 is 19.8 Å². The molecule has 236 valence electrons. The third kappa shape index (κ3) is 15.5. The van der Waals surface area contributed by atoms with E-state index in [2.05, 4.69) is 12.2 Å². The predicted octanol–water partition coefficient (Wildman–Crippen LogP) is 6.48. The molecule has 0 bridgehead atoms. The predicted molar refractivity (Wildman–Crippen MR) is 156 cm³/mol. The van der Waals surface area contributed by atoms with E-state index in [1.54, 1.807) is 0 Å². The summed E-state index contributed by atoms with van der Waals surface area (Å²) in [4.78, 5) is 47.9. The van der Waals surface area contributed by atoms with E-state index in [1.165, 1.54) is 0 Å². The summed E-state index contributed by atoms with van der Waals surface area (Å²) < 4.78 is 33.4. The molecule has 0 aliphatic carbocycles. The molecule has 0 aromatic rings. The van der Waals surface area contributed by atoms with Crippen LogP contribution in [0.15, 0.2) is 0 Å². The van der Waals surface area contributed by atoms with Gasteiger partial charge in [-0.15, -0.1) is 0 Å². The van der Waals surface area contributed by atoms with E-state index in [1.807, 2.05) is 41.5 Å². The first kappa shape index (κ1) is 38.5. The molecule has 10 nitrogen and oxygen atoms in total. The van der Waals surface area contributed by atoms with Crippen LogP contribution in [-0.2, 0) is 37.5 Å². The molecule has 0 heterocycles. The van der Waals surface area contributed by atoms with Crippen LogP contribution >= 0.6 is 7.82 Å². The number of carbonyl (C=O) groups excluding carboxylic acids is 3. The van der Waals surface area contributed by atoms with Gasteiger partial charge in [0.05, 0.1) is 18.6 Å². The first-order valence-corrected chi connectivity index (χ1v) is 16.6. The Morgan fingerprint density at radius 3 is 1.98 bits per heavy atom. The van der Waals surface area contributed by atoms with Crippen molar-refractivity contribution in [3.05, 3.63) is 0 Å². The number of rotatable bonds is 24. The van der Waals surface area contributed by atoms with Gasteiger partial charge in [0.2, 0.25) is 5.91 Å². The molecule has 11 heteroatoms. The number of esters is 2. The largest absolute Gasteiger partial charge is 0.472 e. The molecule has 2 N–H and O–H groups in total. The summed E-state index contributed by atoms with van der Waals surface area (Å²) in [5.41, 5.74) is -1.17. The molecule has 0 rings (SSSR count). The Bertz CT molecular complexity index is 793. The van der Waals surface area contributed by atoms with Gasteiger partial charge in [-0.05, 0) is 39.0 Å². The van der Waals surface area contributed by atoms with Gasteiger partial charge in [-0.2, -0.15) is 0 Å². The Morgan fingerprint density at radius 2 is 1.43 bits per heavy atom. The maximum absolute atomic E-state index is 12.8. The van der Waals surface area contributed by atoms with Gasteiger partial charge in [-0.1, -0.05) is 80.1 Å². The normalized spacial score (nSPS) is 16.7. The SMILES string of the molecule is CCCCC(=O)OC(COC(=O)C(C)(CC)CCCC)COP(=O)(O)OCCNC(=O)C(C)(CCC)CCCC. The molecule has 4 unspecified atom stereocenters. The van der Waals surface area contributed by atoms with Crippen LogP contribution in [0.2, 0.25) is 0 Å². The fraction of sp³-hybridized carbons (Fsp3) is 0.897. The van der Waals surface area contributed by atoms with Crippen molar-refractivity contribution in [1.82, 2.24) is 5.32 Å². The highest BCUT2D eigenvalue weighted by Crippen LogP contribution is 2.43. The number of hydrogen-bond donors (Lipinski definition) is 2. The Kier molecular flexibility index (Phi) is 19.7. The van der Waals surface area contributed by atoms with Crippen molar-refractivity contribution >= 4 is 25.7 Å². The Morgan fingerprint density at radius 1 is 0.825 bits per heavy atom. The minimum absolute atomic E-state index is 0.0403. The second-order valence-corrected chi connectivity index (χ2v) is 12.6. The summed E-state index contributed by atoms with van der Waals surface area (Å²) in [6.07, 6.45) is 7.93. The van der Waals surface area contributed by atoms with Crippen LogP contribution in [0.3, 0.4) is 0 Å². The highest BCUT2D eigenvalue weighted by Gasteiger charge is 2.34. The summed E-state index contributed by atoms with van der Waals surface area (Å²) in [7, 11) is -4.53. The number of carbonyl (C=O) groups is 3. The molecule has 40 heavy (non-hydrogen) atoms. The number of phosphoric ester groups is 1. The quantitative estimate of drug-likeness (QED) is 0.0731. The first-order valence-electron chi connectivity index (χ1n) is 15.1. The van der Waals surface area contributed by atoms with E-state index in [9.17, 15) is 23.8 Å². The molecular formula is C29H56NO9P. The molecule has 0 aromatic heterocycles. The summed E-state index contributed by atoms with van der Waals surface area (Å²) in [6, 6.07) is 0. The lowest BCUT2D eigenvalue weighted by atomic mass is 9.80. The van der Waals surface area contributed by atoms with Gasteiger partial charge in [0.15, 0.2) is 6.10 Å². The molecule has 0 aliphatic rings. The lowest BCUT2D eigenvalue weighted by Crippen LogP contribution is -2.40. The van der Waals surface area contributed by atoms with Crippen LogP contribution in [0.1, 0.15) is 126 Å². The average molecular weight is 594 g/mol. The number of ether oxygens (including phenoxy) is 2. The van der Waals surface area contributed by atoms with Gasteiger partial charge in [0.25, 0.3) is 0 Å². The summed E-state index contributed by atoms with van der Waals surface area (Å²) in [6.45, 7) is 12.8. The maximum atomic E-state index is 12.8. The van der Waals surface area contributed by atoms with Gasteiger partial charge in [-0.25, -0.2) is 4.57 Å². The summed E-state index contributed by atoms with van der Waals surface area (Å²) in [5, 5.41) is 2.79. The monoisotopic (exact) mass is 593 g/mol. The number of hydrogen-bond acceptors (Lipinski definition) is 8. The van der Waals surface area contributed by atoms with Crippen molar-refractivity contribution in [2.75, 3.05) is 26.4 Å². The summed E-state index contributed by atoms with van der Waals surface area (Å²) in [5.74, 6) is -1.03. The van der Waals surface area contributed by atoms with Crippen molar-refractivity contribution in [1.29, 1.82) is 0 Å². The molecule has 0 saturated carbocycles. The van der Waals surface area contributed by atoms with Crippen LogP contribution in [-0.4, -0.2) is 55.2 Å². The number of nitrogens with one attached hydrogen (secondary N) is 1. The second kappa shape index (κ2) is 20.4. The average Bonchev–Trinajstić information content (AvgIpc) is 2.92. The Balaban J connectivity index is 5.02. The van der Waals surface area contributed by atoms with Crippen LogP contribution in [0.5, 0.6) is 0 Å². The number of phosphoric acid groups is 1. The fourth-order valence-electron chi connectivity index (χ4n) is 4.24. The van der Waals surface area contributed by atoms with Gasteiger partial charge in [0.1, 0.15) is 6.61 Å². The number of unbranched alkanes of at least 4 members (excludes halogenated alkanes) is 3. The third-order valence-electron chi connectivity index (χ3n) is 7.29. The minimum Gasteiger partial charge on any atom is -0.461 e. The standard InChI is InChI=1S/C29H56NO9P/c1-8-13-16-25(31)39-24(22-36-27(33)28(6,12-5)18-14-9-2)23-38-40(34,35)37-21-20-30-26(32)29(7,17-11-4)19-15-10-3/h24H,8-23H2,1-7H3,(H,30,32)(H,34,35). The maximum Gasteiger partial charge on any atom is 0.472 e. The van der Waals surface area contributed by atoms with Crippen LogP contribution in [0.4, 0.5) is 0 Å². The van der Waals surface area contributed by atoms with E-state index in [4.69, 9.17) is 18.5 Å². The molecule has 0 saturated heterocycles. The van der Waals surface area contributed by atoms with Crippen LogP contribution in [0, 0.1) is 10.8 Å². The van der Waals surface area contributed by atoms with E-state index in [0.717, 1.165) is 51.4 Å². The molecule has 0 aliphatic heterocycles. The van der Waals surface area contributed by atoms with E-state index in [-0.39, 0.29) is 32.1 Å². The topological polar surface area (TPSA) is 137 Å². The molecular weight excluding hydrogens is 537 g/mol. The lowest BCUT2D eigenvalue weighted by molar-refractivity contribution is -0.167. The van der Waals surface area contributed by atoms with E-state index < -0.39 is 43.3 Å². The Hall–Kier alpha value is -1.48. The molecule has 0 aromatic carbocycles. The zero-order valence-electron chi connectivity index (χ0n) is 26.1. The second-order valence-electron chi connectivity index (χ2n) is 11.1. The molecule has 1 amide bonds. The Labute approximate surface area is 242 Å². The van der Waals surface area contributed by atoms with Crippen molar-refractivity contribution < 1.29 is 42.4 Å². The van der Waals surface area contributed by atoms with Crippen molar-refractivity contribution in [3.63, 3.8) is 0 Å².